The standard InChI is InChI=1S/C16H15NS/c1-2-6-12-7-5-10-15-13(12)11-17-14-8-3-4-9-16(14)18-15/h3-5,7-11H,2,6H2,1H3. The summed E-state index contributed by atoms with van der Waals surface area (Å²) in [7, 11) is 0. The maximum Gasteiger partial charge on any atom is 0.0769 e. The molecule has 1 aliphatic heterocycles. The van der Waals surface area contributed by atoms with Crippen LogP contribution in [0.4, 0.5) is 5.69 Å². The quantitative estimate of drug-likeness (QED) is 0.635. The third-order valence-corrected chi connectivity index (χ3v) is 4.23. The van der Waals surface area contributed by atoms with Gasteiger partial charge in [-0.15, -0.1) is 0 Å². The van der Waals surface area contributed by atoms with E-state index in [1.807, 2.05) is 24.0 Å². The molecule has 0 unspecified atom stereocenters. The van der Waals surface area contributed by atoms with Crippen LogP contribution in [-0.4, -0.2) is 6.21 Å². The number of benzene rings is 2. The van der Waals surface area contributed by atoms with Gasteiger partial charge in [0.25, 0.3) is 0 Å². The first-order valence-corrected chi connectivity index (χ1v) is 7.13. The molecule has 0 bridgehead atoms. The molecule has 1 nitrogen and oxygen atoms in total. The largest absolute Gasteiger partial charge is 0.255 e. The highest BCUT2D eigenvalue weighted by Gasteiger charge is 2.12. The van der Waals surface area contributed by atoms with Crippen LogP contribution in [0.25, 0.3) is 0 Å². The van der Waals surface area contributed by atoms with Gasteiger partial charge < -0.3 is 0 Å². The molecular weight excluding hydrogens is 238 g/mol. The summed E-state index contributed by atoms with van der Waals surface area (Å²) in [6.07, 6.45) is 4.31. The van der Waals surface area contributed by atoms with Gasteiger partial charge >= 0.3 is 0 Å². The van der Waals surface area contributed by atoms with Crippen LogP contribution < -0.4 is 0 Å². The van der Waals surface area contributed by atoms with Crippen molar-refractivity contribution >= 4 is 23.7 Å². The number of hydrogen-bond donors (Lipinski definition) is 0. The number of aliphatic imine (C=N–C) groups is 1. The minimum absolute atomic E-state index is 1.07. The molecule has 0 aliphatic carbocycles. The minimum Gasteiger partial charge on any atom is -0.255 e. The van der Waals surface area contributed by atoms with E-state index in [4.69, 9.17) is 0 Å². The molecule has 0 amide bonds. The van der Waals surface area contributed by atoms with Gasteiger partial charge in [-0.2, -0.15) is 0 Å². The Balaban J connectivity index is 2.11. The van der Waals surface area contributed by atoms with Gasteiger partial charge in [0.05, 0.1) is 5.69 Å². The van der Waals surface area contributed by atoms with Crippen LogP contribution in [0.2, 0.25) is 0 Å². The first-order chi connectivity index (χ1) is 8.88. The molecule has 1 aliphatic rings. The van der Waals surface area contributed by atoms with Crippen molar-refractivity contribution in [2.75, 3.05) is 0 Å². The van der Waals surface area contributed by atoms with Gasteiger partial charge in [0.2, 0.25) is 0 Å². The minimum atomic E-state index is 1.07. The Morgan fingerprint density at radius 2 is 1.83 bits per heavy atom. The molecule has 0 spiro atoms. The summed E-state index contributed by atoms with van der Waals surface area (Å²) >= 11 is 1.82. The maximum absolute atomic E-state index is 4.63. The summed E-state index contributed by atoms with van der Waals surface area (Å²) in [6.45, 7) is 2.22. The number of rotatable bonds is 2. The number of nitrogens with zero attached hydrogens (tertiary/aromatic N) is 1. The molecular formula is C16H15NS. The van der Waals surface area contributed by atoms with Gasteiger partial charge in [-0.3, -0.25) is 4.99 Å². The molecule has 0 saturated heterocycles. The van der Waals surface area contributed by atoms with Crippen molar-refractivity contribution < 1.29 is 0 Å². The van der Waals surface area contributed by atoms with Crippen molar-refractivity contribution in [3.8, 4) is 0 Å². The zero-order chi connectivity index (χ0) is 12.4. The van der Waals surface area contributed by atoms with Crippen LogP contribution in [0.15, 0.2) is 57.2 Å². The number of para-hydroxylation sites is 1. The first-order valence-electron chi connectivity index (χ1n) is 6.31. The Labute approximate surface area is 112 Å². The average molecular weight is 253 g/mol. The summed E-state index contributed by atoms with van der Waals surface area (Å²) in [5.41, 5.74) is 3.76. The van der Waals surface area contributed by atoms with E-state index in [0.717, 1.165) is 12.1 Å². The molecule has 18 heavy (non-hydrogen) atoms. The van der Waals surface area contributed by atoms with Crippen LogP contribution in [0.3, 0.4) is 0 Å². The number of fused-ring (bicyclic) bond motifs is 2. The lowest BCUT2D eigenvalue weighted by molar-refractivity contribution is 0.916. The predicted molar refractivity (Wildman–Crippen MR) is 78.3 cm³/mol. The second-order valence-electron chi connectivity index (χ2n) is 4.41. The second kappa shape index (κ2) is 4.99. The maximum atomic E-state index is 4.63. The highest BCUT2D eigenvalue weighted by atomic mass is 32.2. The van der Waals surface area contributed by atoms with Crippen molar-refractivity contribution in [1.82, 2.24) is 0 Å². The Bertz CT molecular complexity index is 602. The summed E-state index contributed by atoms with van der Waals surface area (Å²) in [5, 5.41) is 0. The van der Waals surface area contributed by atoms with Crippen molar-refractivity contribution in [1.29, 1.82) is 0 Å². The molecule has 0 atom stereocenters. The van der Waals surface area contributed by atoms with Gasteiger partial charge in [-0.25, -0.2) is 0 Å². The molecule has 3 rings (SSSR count). The zero-order valence-corrected chi connectivity index (χ0v) is 11.2. The Morgan fingerprint density at radius 3 is 2.72 bits per heavy atom. The summed E-state index contributed by atoms with van der Waals surface area (Å²) < 4.78 is 0. The molecule has 0 N–H and O–H groups in total. The van der Waals surface area contributed by atoms with Crippen LogP contribution >= 0.6 is 11.8 Å². The van der Waals surface area contributed by atoms with E-state index in [9.17, 15) is 0 Å². The molecule has 0 radical (unpaired) electrons. The van der Waals surface area contributed by atoms with Crippen LogP contribution in [0.1, 0.15) is 24.5 Å². The van der Waals surface area contributed by atoms with Crippen LogP contribution in [0, 0.1) is 0 Å². The van der Waals surface area contributed by atoms with Gasteiger partial charge in [-0.1, -0.05) is 49.4 Å². The lowest BCUT2D eigenvalue weighted by atomic mass is 10.0. The molecule has 90 valence electrons. The normalized spacial score (nSPS) is 12.7. The van der Waals surface area contributed by atoms with Gasteiger partial charge in [0, 0.05) is 21.6 Å². The van der Waals surface area contributed by atoms with Gasteiger partial charge in [0.1, 0.15) is 0 Å². The predicted octanol–water partition coefficient (Wildman–Crippen LogP) is 4.85. The first kappa shape index (κ1) is 11.5. The zero-order valence-electron chi connectivity index (χ0n) is 10.4. The van der Waals surface area contributed by atoms with E-state index in [-0.39, 0.29) is 0 Å². The SMILES string of the molecule is CCCc1cccc2c1C=Nc1ccccc1S2. The lowest BCUT2D eigenvalue weighted by Crippen LogP contribution is -1.94. The third kappa shape index (κ3) is 2.08. The van der Waals surface area contributed by atoms with Crippen molar-refractivity contribution in [2.24, 2.45) is 4.99 Å². The third-order valence-electron chi connectivity index (χ3n) is 3.09. The van der Waals surface area contributed by atoms with Gasteiger partial charge in [-0.05, 0) is 30.2 Å². The Hall–Kier alpha value is -1.54. The second-order valence-corrected chi connectivity index (χ2v) is 5.49. The fourth-order valence-electron chi connectivity index (χ4n) is 2.22. The van der Waals surface area contributed by atoms with E-state index in [1.165, 1.54) is 27.3 Å². The van der Waals surface area contributed by atoms with Crippen molar-refractivity contribution in [3.05, 3.63) is 53.6 Å². The molecule has 2 aromatic rings. The fourth-order valence-corrected chi connectivity index (χ4v) is 3.26. The van der Waals surface area contributed by atoms with Crippen molar-refractivity contribution in [3.63, 3.8) is 0 Å². The number of aryl methyl sites for hydroxylation is 1. The molecule has 0 saturated carbocycles. The van der Waals surface area contributed by atoms with Crippen LogP contribution in [0.5, 0.6) is 0 Å². The highest BCUT2D eigenvalue weighted by molar-refractivity contribution is 7.99. The monoisotopic (exact) mass is 253 g/mol. The topological polar surface area (TPSA) is 12.4 Å². The number of hydrogen-bond acceptors (Lipinski definition) is 2. The molecule has 0 fully saturated rings. The van der Waals surface area contributed by atoms with Crippen LogP contribution in [-0.2, 0) is 6.42 Å². The Kier molecular flexibility index (Phi) is 3.20. The summed E-state index contributed by atoms with van der Waals surface area (Å²) in [5.74, 6) is 0. The van der Waals surface area contributed by atoms with E-state index in [2.05, 4.69) is 48.3 Å². The van der Waals surface area contributed by atoms with Crippen molar-refractivity contribution in [2.45, 2.75) is 29.6 Å². The molecule has 0 aromatic heterocycles. The summed E-state index contributed by atoms with van der Waals surface area (Å²) in [6, 6.07) is 14.9. The van der Waals surface area contributed by atoms with E-state index >= 15 is 0 Å². The molecule has 1 heterocycles. The Morgan fingerprint density at radius 1 is 1.00 bits per heavy atom. The highest BCUT2D eigenvalue weighted by Crippen LogP contribution is 2.39. The van der Waals surface area contributed by atoms with E-state index in [0.29, 0.717) is 0 Å². The summed E-state index contributed by atoms with van der Waals surface area (Å²) in [4.78, 5) is 7.18. The average Bonchev–Trinajstić information content (AvgIpc) is 2.58. The lowest BCUT2D eigenvalue weighted by Gasteiger charge is -2.08. The fraction of sp³-hybridized carbons (Fsp3) is 0.188. The van der Waals surface area contributed by atoms with E-state index in [1.54, 1.807) is 0 Å². The molecule has 2 aromatic carbocycles. The smallest absolute Gasteiger partial charge is 0.0769 e. The van der Waals surface area contributed by atoms with E-state index < -0.39 is 0 Å². The van der Waals surface area contributed by atoms with Gasteiger partial charge in [0.15, 0.2) is 0 Å². The molecule has 2 heteroatoms.